The van der Waals surface area contributed by atoms with Crippen molar-refractivity contribution in [3.05, 3.63) is 68.7 Å². The lowest BCUT2D eigenvalue weighted by atomic mass is 9.90. The van der Waals surface area contributed by atoms with Gasteiger partial charge < -0.3 is 25.2 Å². The molecule has 10 nitrogen and oxygen atoms in total. The highest BCUT2D eigenvalue weighted by molar-refractivity contribution is 6.35. The minimum absolute atomic E-state index is 0.217. The quantitative estimate of drug-likeness (QED) is 0.237. The van der Waals surface area contributed by atoms with E-state index in [4.69, 9.17) is 14.7 Å². The fraction of sp³-hybridized carbons (Fsp3) is 0.231. The number of nitrogens with one attached hydrogen (secondary N) is 1. The monoisotopic (exact) mass is 485 g/mol. The third-order valence-electron chi connectivity index (χ3n) is 7.29. The molecule has 5 N–H and O–H groups in total. The van der Waals surface area contributed by atoms with E-state index in [2.05, 4.69) is 4.98 Å². The Morgan fingerprint density at radius 2 is 1.42 bits per heavy atom. The molecule has 0 amide bonds. The standard InChI is InChI=1S/C26H19N3O7/c30-8-13-21(31)22(32)23(33)24(36-13)11-6-3-5-10-15-17-16(25(34)29-26(17)35)14-9-4-1-2-7-12(9)27-19(14)20(15)28-18(10)11/h1-7,13,21-24,30-33H,8H2,(H,29,34,35)/t13-,21-,22+,23-,24+/m1/s1. The summed E-state index contributed by atoms with van der Waals surface area (Å²) in [6, 6.07) is 12.4. The fourth-order valence-electron chi connectivity index (χ4n) is 5.64. The van der Waals surface area contributed by atoms with Crippen molar-refractivity contribution in [1.29, 1.82) is 0 Å². The molecule has 4 heterocycles. The van der Waals surface area contributed by atoms with E-state index in [1.165, 1.54) is 0 Å². The molecule has 0 aliphatic carbocycles. The van der Waals surface area contributed by atoms with Gasteiger partial charge in [0, 0.05) is 27.1 Å². The molecule has 0 saturated carbocycles. The van der Waals surface area contributed by atoms with Gasteiger partial charge in [0.1, 0.15) is 30.5 Å². The number of nitrogens with zero attached hydrogens (tertiary/aromatic N) is 2. The molecule has 180 valence electrons. The van der Waals surface area contributed by atoms with E-state index in [9.17, 15) is 30.0 Å². The second kappa shape index (κ2) is 7.36. The molecule has 1 fully saturated rings. The summed E-state index contributed by atoms with van der Waals surface area (Å²) in [4.78, 5) is 37.9. The van der Waals surface area contributed by atoms with Crippen molar-refractivity contribution in [2.75, 3.05) is 6.61 Å². The maximum atomic E-state index is 13.0. The molecule has 0 radical (unpaired) electrons. The number of hydrogen-bond acceptors (Lipinski definition) is 9. The highest BCUT2D eigenvalue weighted by Crippen LogP contribution is 2.42. The predicted molar refractivity (Wildman–Crippen MR) is 132 cm³/mol. The van der Waals surface area contributed by atoms with Gasteiger partial charge in [-0.1, -0.05) is 36.4 Å². The van der Waals surface area contributed by atoms with Crippen LogP contribution in [-0.2, 0) is 4.74 Å². The Morgan fingerprint density at radius 1 is 0.750 bits per heavy atom. The van der Waals surface area contributed by atoms with Gasteiger partial charge in [-0.15, -0.1) is 0 Å². The minimum atomic E-state index is -1.55. The van der Waals surface area contributed by atoms with Crippen molar-refractivity contribution < 1.29 is 25.2 Å². The summed E-state index contributed by atoms with van der Waals surface area (Å²) in [7, 11) is 0. The van der Waals surface area contributed by atoms with Crippen LogP contribution in [0.4, 0.5) is 0 Å². The first kappa shape index (κ1) is 21.5. The molecule has 0 unspecified atom stereocenters. The van der Waals surface area contributed by atoms with E-state index < -0.39 is 48.2 Å². The lowest BCUT2D eigenvalue weighted by Gasteiger charge is -2.40. The number of rotatable bonds is 2. The van der Waals surface area contributed by atoms with E-state index in [0.29, 0.717) is 43.8 Å². The molecule has 3 aromatic carbocycles. The van der Waals surface area contributed by atoms with Gasteiger partial charge in [0.25, 0.3) is 11.1 Å². The number of aliphatic hydroxyl groups is 4. The van der Waals surface area contributed by atoms with Crippen molar-refractivity contribution in [3.63, 3.8) is 0 Å². The first-order valence-electron chi connectivity index (χ1n) is 11.5. The number of benzene rings is 3. The van der Waals surface area contributed by atoms with Gasteiger partial charge in [-0.25, -0.2) is 9.97 Å². The number of H-pyrrole nitrogens is 1. The van der Waals surface area contributed by atoms with E-state index in [0.717, 1.165) is 5.39 Å². The lowest BCUT2D eigenvalue weighted by molar-refractivity contribution is -0.231. The average molecular weight is 485 g/mol. The molecule has 7 rings (SSSR count). The number of ether oxygens (including phenoxy) is 1. The SMILES string of the molecule is O=c1[nH]c(=O)c2c1c1c3ccccc3nc1c1nc3c([C@@H]4O[C@H](CO)[C@@H](O)[C@H](O)[C@H]4O)cccc3c12. The molecular weight excluding hydrogens is 466 g/mol. The third-order valence-corrected chi connectivity index (χ3v) is 7.29. The van der Waals surface area contributed by atoms with E-state index in [1.807, 2.05) is 24.3 Å². The second-order valence-corrected chi connectivity index (χ2v) is 9.21. The van der Waals surface area contributed by atoms with Crippen LogP contribution in [0.5, 0.6) is 0 Å². The molecular formula is C26H19N3O7. The Labute approximate surface area is 200 Å². The molecule has 36 heavy (non-hydrogen) atoms. The summed E-state index contributed by atoms with van der Waals surface area (Å²) in [6.45, 7) is -0.561. The van der Waals surface area contributed by atoms with Crippen molar-refractivity contribution in [2.45, 2.75) is 30.5 Å². The number of aliphatic hydroxyl groups excluding tert-OH is 4. The zero-order valence-electron chi connectivity index (χ0n) is 18.5. The molecule has 5 atom stereocenters. The largest absolute Gasteiger partial charge is 0.394 e. The smallest absolute Gasteiger partial charge is 0.259 e. The summed E-state index contributed by atoms with van der Waals surface area (Å²) in [5.41, 5.74) is 1.34. The van der Waals surface area contributed by atoms with Crippen molar-refractivity contribution in [2.24, 2.45) is 0 Å². The molecule has 0 spiro atoms. The highest BCUT2D eigenvalue weighted by Gasteiger charge is 2.44. The normalized spacial score (nSPS) is 25.2. The summed E-state index contributed by atoms with van der Waals surface area (Å²) < 4.78 is 5.79. The van der Waals surface area contributed by atoms with E-state index in [1.54, 1.807) is 18.2 Å². The zero-order chi connectivity index (χ0) is 24.9. The Morgan fingerprint density at radius 3 is 2.17 bits per heavy atom. The van der Waals surface area contributed by atoms with E-state index >= 15 is 0 Å². The second-order valence-electron chi connectivity index (χ2n) is 9.21. The molecule has 1 aliphatic rings. The van der Waals surface area contributed by atoms with Gasteiger partial charge in [0.15, 0.2) is 0 Å². The van der Waals surface area contributed by atoms with Crippen LogP contribution >= 0.6 is 0 Å². The van der Waals surface area contributed by atoms with Crippen LogP contribution in [0.2, 0.25) is 0 Å². The van der Waals surface area contributed by atoms with Gasteiger partial charge in [0.05, 0.1) is 39.4 Å². The molecule has 6 aromatic rings. The molecule has 0 bridgehead atoms. The molecule has 1 aliphatic heterocycles. The summed E-state index contributed by atoms with van der Waals surface area (Å²) in [6.07, 6.45) is -6.75. The van der Waals surface area contributed by atoms with E-state index in [-0.39, 0.29) is 10.8 Å². The van der Waals surface area contributed by atoms with Crippen LogP contribution in [0.25, 0.3) is 54.4 Å². The molecule has 10 heteroatoms. The zero-order valence-corrected chi connectivity index (χ0v) is 18.5. The minimum Gasteiger partial charge on any atom is -0.394 e. The first-order valence-corrected chi connectivity index (χ1v) is 11.5. The Balaban J connectivity index is 1.62. The maximum absolute atomic E-state index is 13.0. The molecule has 1 saturated heterocycles. The third kappa shape index (κ3) is 2.62. The topological polar surface area (TPSA) is 166 Å². The van der Waals surface area contributed by atoms with Crippen LogP contribution in [-0.4, -0.2) is 66.4 Å². The Bertz CT molecular complexity index is 1940. The first-order chi connectivity index (χ1) is 17.4. The number of hydrogen-bond donors (Lipinski definition) is 5. The lowest BCUT2D eigenvalue weighted by Crippen LogP contribution is -2.55. The number of aromatic nitrogens is 3. The summed E-state index contributed by atoms with van der Waals surface area (Å²) in [5.74, 6) is 0. The predicted octanol–water partition coefficient (Wildman–Crippen LogP) is 0.682. The van der Waals surface area contributed by atoms with Crippen LogP contribution < -0.4 is 11.1 Å². The van der Waals surface area contributed by atoms with Crippen LogP contribution in [0.1, 0.15) is 11.7 Å². The van der Waals surface area contributed by atoms with Gasteiger partial charge in [-0.2, -0.15) is 0 Å². The maximum Gasteiger partial charge on any atom is 0.259 e. The van der Waals surface area contributed by atoms with Gasteiger partial charge >= 0.3 is 0 Å². The number of fused-ring (bicyclic) bond motifs is 10. The number of aromatic amines is 1. The van der Waals surface area contributed by atoms with Crippen LogP contribution in [0, 0.1) is 0 Å². The fourth-order valence-corrected chi connectivity index (χ4v) is 5.64. The van der Waals surface area contributed by atoms with Crippen molar-refractivity contribution >= 4 is 54.4 Å². The number of para-hydroxylation sites is 2. The molecule has 3 aromatic heterocycles. The summed E-state index contributed by atoms with van der Waals surface area (Å²) >= 11 is 0. The van der Waals surface area contributed by atoms with Crippen LogP contribution in [0.15, 0.2) is 52.1 Å². The van der Waals surface area contributed by atoms with Crippen molar-refractivity contribution in [1.82, 2.24) is 15.0 Å². The average Bonchev–Trinajstić information content (AvgIpc) is 3.53. The summed E-state index contributed by atoms with van der Waals surface area (Å²) in [5, 5.41) is 43.7. The van der Waals surface area contributed by atoms with Gasteiger partial charge in [-0.05, 0) is 6.07 Å². The van der Waals surface area contributed by atoms with Gasteiger partial charge in [-0.3, -0.25) is 14.6 Å². The van der Waals surface area contributed by atoms with Crippen LogP contribution in [0.3, 0.4) is 0 Å². The van der Waals surface area contributed by atoms with Gasteiger partial charge in [0.2, 0.25) is 0 Å². The Kier molecular flexibility index (Phi) is 4.39. The highest BCUT2D eigenvalue weighted by atomic mass is 16.5. The van der Waals surface area contributed by atoms with Crippen molar-refractivity contribution in [3.8, 4) is 0 Å². The Hall–Kier alpha value is -3.80.